The number of nitrogens with one attached hydrogen (secondary N) is 1. The molecule has 2 aliphatic heterocycles. The zero-order valence-electron chi connectivity index (χ0n) is 18.1. The molecule has 2 atom stereocenters. The van der Waals surface area contributed by atoms with E-state index in [1.807, 2.05) is 0 Å². The number of hydrogen-bond donors (Lipinski definition) is 2. The van der Waals surface area contributed by atoms with E-state index in [0.717, 1.165) is 26.1 Å². The van der Waals surface area contributed by atoms with E-state index in [0.29, 0.717) is 25.2 Å². The number of carboxylic acids is 1. The van der Waals surface area contributed by atoms with Crippen LogP contribution in [0.1, 0.15) is 45.4 Å². The highest BCUT2D eigenvalue weighted by Gasteiger charge is 2.36. The van der Waals surface area contributed by atoms with E-state index in [2.05, 4.69) is 10.2 Å². The maximum Gasteiger partial charge on any atom is 0.303 e. The summed E-state index contributed by atoms with van der Waals surface area (Å²) in [5.74, 6) is -1.01. The molecule has 2 aliphatic rings. The fourth-order valence-electron chi connectivity index (χ4n) is 4.68. The summed E-state index contributed by atoms with van der Waals surface area (Å²) in [6, 6.07) is 6.18. The van der Waals surface area contributed by atoms with E-state index in [4.69, 9.17) is 0 Å². The Morgan fingerprint density at radius 3 is 2.35 bits per heavy atom. The van der Waals surface area contributed by atoms with Crippen LogP contribution in [-0.2, 0) is 19.6 Å². The second-order valence-corrected chi connectivity index (χ2v) is 10.6. The number of rotatable bonds is 8. The van der Waals surface area contributed by atoms with Gasteiger partial charge in [-0.2, -0.15) is 4.31 Å². The molecule has 1 aromatic carbocycles. The predicted octanol–water partition coefficient (Wildman–Crippen LogP) is 2.62. The Morgan fingerprint density at radius 2 is 1.74 bits per heavy atom. The summed E-state index contributed by atoms with van der Waals surface area (Å²) in [5, 5.41) is 12.0. The zero-order chi connectivity index (χ0) is 22.4. The zero-order valence-corrected chi connectivity index (χ0v) is 18.9. The molecule has 0 aromatic heterocycles. The quantitative estimate of drug-likeness (QED) is 0.629. The van der Waals surface area contributed by atoms with Gasteiger partial charge in [0.15, 0.2) is 0 Å². The van der Waals surface area contributed by atoms with Crippen molar-refractivity contribution in [3.8, 4) is 0 Å². The molecule has 1 aromatic rings. The van der Waals surface area contributed by atoms with E-state index in [1.165, 1.54) is 42.6 Å². The minimum Gasteiger partial charge on any atom is -0.481 e. The highest BCUT2D eigenvalue weighted by Crippen LogP contribution is 2.33. The van der Waals surface area contributed by atoms with Gasteiger partial charge in [0.1, 0.15) is 0 Å². The summed E-state index contributed by atoms with van der Waals surface area (Å²) in [7, 11) is -3.68. The van der Waals surface area contributed by atoms with Crippen LogP contribution in [0.2, 0.25) is 0 Å². The van der Waals surface area contributed by atoms with Crippen molar-refractivity contribution in [2.24, 2.45) is 11.8 Å². The second-order valence-electron chi connectivity index (χ2n) is 8.67. The molecule has 31 heavy (non-hydrogen) atoms. The third kappa shape index (κ3) is 6.51. The molecule has 2 N–H and O–H groups in total. The Balaban J connectivity index is 1.69. The van der Waals surface area contributed by atoms with Crippen LogP contribution in [0.3, 0.4) is 0 Å². The van der Waals surface area contributed by atoms with Crippen LogP contribution in [-0.4, -0.2) is 67.3 Å². The number of amides is 1. The van der Waals surface area contributed by atoms with Crippen LogP contribution in [0.15, 0.2) is 29.2 Å². The number of nitrogens with zero attached hydrogens (tertiary/aromatic N) is 2. The summed E-state index contributed by atoms with van der Waals surface area (Å²) in [4.78, 5) is 25.1. The fraction of sp³-hybridized carbons (Fsp3) is 0.636. The molecule has 172 valence electrons. The number of anilines is 1. The van der Waals surface area contributed by atoms with Gasteiger partial charge < -0.3 is 15.3 Å². The first kappa shape index (κ1) is 23.7. The lowest BCUT2D eigenvalue weighted by Crippen LogP contribution is -2.45. The number of hydrogen-bond acceptors (Lipinski definition) is 5. The summed E-state index contributed by atoms with van der Waals surface area (Å²) in [6.07, 6.45) is 5.10. The third-order valence-corrected chi connectivity index (χ3v) is 8.25. The first-order valence-corrected chi connectivity index (χ1v) is 12.5. The summed E-state index contributed by atoms with van der Waals surface area (Å²) < 4.78 is 27.9. The van der Waals surface area contributed by atoms with Crippen LogP contribution in [0.5, 0.6) is 0 Å². The van der Waals surface area contributed by atoms with Crippen LogP contribution in [0.25, 0.3) is 0 Å². The molecule has 0 saturated carbocycles. The maximum absolute atomic E-state index is 13.2. The van der Waals surface area contributed by atoms with Gasteiger partial charge >= 0.3 is 5.97 Å². The number of sulfonamides is 1. The number of benzene rings is 1. The molecule has 0 spiro atoms. The summed E-state index contributed by atoms with van der Waals surface area (Å²) >= 11 is 0. The van der Waals surface area contributed by atoms with Crippen molar-refractivity contribution in [1.29, 1.82) is 0 Å². The number of aliphatic carboxylic acids is 1. The molecule has 0 radical (unpaired) electrons. The van der Waals surface area contributed by atoms with E-state index in [1.54, 1.807) is 12.1 Å². The monoisotopic (exact) mass is 451 g/mol. The molecule has 0 aliphatic carbocycles. The second kappa shape index (κ2) is 10.6. The molecule has 2 saturated heterocycles. The van der Waals surface area contributed by atoms with Crippen molar-refractivity contribution >= 4 is 27.6 Å². The number of carboxylic acid groups (broad SMARTS) is 1. The van der Waals surface area contributed by atoms with E-state index >= 15 is 0 Å². The number of likely N-dealkylation sites (tertiary alicyclic amines) is 1. The Hall–Kier alpha value is -1.97. The molecule has 2 fully saturated rings. The van der Waals surface area contributed by atoms with E-state index < -0.39 is 16.0 Å². The largest absolute Gasteiger partial charge is 0.481 e. The Morgan fingerprint density at radius 1 is 1.06 bits per heavy atom. The normalized spacial score (nSPS) is 23.4. The molecule has 0 bridgehead atoms. The van der Waals surface area contributed by atoms with Crippen molar-refractivity contribution in [2.45, 2.75) is 50.3 Å². The standard InChI is InChI=1S/C22H33N3O5S/c1-17(26)23-20-5-7-21(8-6-20)31(29,30)25-14-10-18(15-22(27)28)19(16-25)9-13-24-11-3-2-4-12-24/h5-8,18-19H,2-4,9-16H2,1H3,(H,23,26)(H,27,28). The van der Waals surface area contributed by atoms with Gasteiger partial charge in [-0.3, -0.25) is 9.59 Å². The minimum atomic E-state index is -3.68. The van der Waals surface area contributed by atoms with Gasteiger partial charge in [0.2, 0.25) is 15.9 Å². The van der Waals surface area contributed by atoms with Crippen molar-refractivity contribution in [3.63, 3.8) is 0 Å². The minimum absolute atomic E-state index is 0.00381. The van der Waals surface area contributed by atoms with Crippen LogP contribution in [0.4, 0.5) is 5.69 Å². The van der Waals surface area contributed by atoms with Crippen LogP contribution < -0.4 is 5.32 Å². The van der Waals surface area contributed by atoms with Crippen LogP contribution >= 0.6 is 0 Å². The lowest BCUT2D eigenvalue weighted by molar-refractivity contribution is -0.139. The van der Waals surface area contributed by atoms with Crippen molar-refractivity contribution < 1.29 is 23.1 Å². The molecule has 2 unspecified atom stereocenters. The molecule has 2 heterocycles. The molecule has 8 nitrogen and oxygen atoms in total. The Labute approximate surface area is 184 Å². The van der Waals surface area contributed by atoms with Crippen LogP contribution in [0, 0.1) is 11.8 Å². The smallest absolute Gasteiger partial charge is 0.303 e. The molecular formula is C22H33N3O5S. The maximum atomic E-state index is 13.2. The first-order valence-electron chi connectivity index (χ1n) is 11.1. The lowest BCUT2D eigenvalue weighted by atomic mass is 9.82. The van der Waals surface area contributed by atoms with Gasteiger partial charge in [-0.1, -0.05) is 6.42 Å². The third-order valence-electron chi connectivity index (χ3n) is 6.37. The van der Waals surface area contributed by atoms with Crippen molar-refractivity contribution in [3.05, 3.63) is 24.3 Å². The SMILES string of the molecule is CC(=O)Nc1ccc(S(=O)(=O)N2CCC(CC(=O)O)C(CCN3CCCCC3)C2)cc1. The predicted molar refractivity (Wildman–Crippen MR) is 118 cm³/mol. The number of piperidine rings is 2. The van der Waals surface area contributed by atoms with Gasteiger partial charge in [-0.25, -0.2) is 8.42 Å². The van der Waals surface area contributed by atoms with E-state index in [-0.39, 0.29) is 29.1 Å². The van der Waals surface area contributed by atoms with Gasteiger partial charge in [0.25, 0.3) is 0 Å². The number of carbonyl (C=O) groups is 2. The summed E-state index contributed by atoms with van der Waals surface area (Å²) in [6.45, 7) is 5.10. The Kier molecular flexibility index (Phi) is 8.07. The lowest BCUT2D eigenvalue weighted by Gasteiger charge is -2.38. The van der Waals surface area contributed by atoms with Gasteiger partial charge in [-0.15, -0.1) is 0 Å². The highest BCUT2D eigenvalue weighted by atomic mass is 32.2. The molecular weight excluding hydrogens is 418 g/mol. The molecule has 1 amide bonds. The van der Waals surface area contributed by atoms with Gasteiger partial charge in [0.05, 0.1) is 4.90 Å². The average molecular weight is 452 g/mol. The molecule has 9 heteroatoms. The number of carbonyl (C=O) groups excluding carboxylic acids is 1. The topological polar surface area (TPSA) is 107 Å². The molecule has 3 rings (SSSR count). The van der Waals surface area contributed by atoms with Crippen molar-refractivity contribution in [1.82, 2.24) is 9.21 Å². The Bertz CT molecular complexity index is 866. The van der Waals surface area contributed by atoms with Gasteiger partial charge in [-0.05, 0) is 81.4 Å². The van der Waals surface area contributed by atoms with Gasteiger partial charge in [0, 0.05) is 32.1 Å². The first-order chi connectivity index (χ1) is 14.8. The van der Waals surface area contributed by atoms with Crippen molar-refractivity contribution in [2.75, 3.05) is 38.0 Å². The highest BCUT2D eigenvalue weighted by molar-refractivity contribution is 7.89. The average Bonchev–Trinajstić information content (AvgIpc) is 2.73. The van der Waals surface area contributed by atoms with E-state index in [9.17, 15) is 23.1 Å². The summed E-state index contributed by atoms with van der Waals surface area (Å²) in [5.41, 5.74) is 0.547. The fourth-order valence-corrected chi connectivity index (χ4v) is 6.19.